The molecular weight excluding hydrogens is 384 g/mol. The maximum atomic E-state index is 12.9. The van der Waals surface area contributed by atoms with E-state index in [1.54, 1.807) is 12.1 Å². The van der Waals surface area contributed by atoms with Gasteiger partial charge in [-0.15, -0.1) is 0 Å². The van der Waals surface area contributed by atoms with E-state index in [0.717, 1.165) is 38.0 Å². The summed E-state index contributed by atoms with van der Waals surface area (Å²) in [6.45, 7) is 5.76. The Hall–Kier alpha value is -3.42. The maximum Gasteiger partial charge on any atom is 0.269 e. The van der Waals surface area contributed by atoms with Gasteiger partial charge in [-0.05, 0) is 56.5 Å². The van der Waals surface area contributed by atoms with Gasteiger partial charge in [-0.2, -0.15) is 0 Å². The van der Waals surface area contributed by atoms with Crippen molar-refractivity contribution in [3.63, 3.8) is 0 Å². The average molecular weight is 410 g/mol. The molecule has 158 valence electrons. The van der Waals surface area contributed by atoms with Gasteiger partial charge in [-0.25, -0.2) is 0 Å². The number of non-ortho nitro benzene ring substituents is 1. The molecule has 1 saturated heterocycles. The molecule has 2 aromatic carbocycles. The molecule has 0 radical (unpaired) electrons. The van der Waals surface area contributed by atoms with Gasteiger partial charge in [0.05, 0.1) is 10.5 Å². The van der Waals surface area contributed by atoms with Crippen LogP contribution in [0.3, 0.4) is 0 Å². The lowest BCUT2D eigenvalue weighted by Gasteiger charge is -2.23. The summed E-state index contributed by atoms with van der Waals surface area (Å²) in [6, 6.07) is 10.8. The van der Waals surface area contributed by atoms with Gasteiger partial charge in [0.25, 0.3) is 17.5 Å². The smallest absolute Gasteiger partial charge is 0.269 e. The molecule has 1 aliphatic rings. The van der Waals surface area contributed by atoms with Gasteiger partial charge >= 0.3 is 0 Å². The number of hydrogen-bond acceptors (Lipinski definition) is 5. The fourth-order valence-electron chi connectivity index (χ4n) is 3.37. The first-order valence-corrected chi connectivity index (χ1v) is 10.1. The van der Waals surface area contributed by atoms with Crippen molar-refractivity contribution >= 4 is 28.9 Å². The summed E-state index contributed by atoms with van der Waals surface area (Å²) in [4.78, 5) is 37.9. The van der Waals surface area contributed by atoms with Crippen LogP contribution in [-0.4, -0.2) is 35.9 Å². The fraction of sp³-hybridized carbons (Fsp3) is 0.364. The van der Waals surface area contributed by atoms with Crippen molar-refractivity contribution in [3.8, 4) is 0 Å². The second-order valence-electron chi connectivity index (χ2n) is 7.47. The van der Waals surface area contributed by atoms with Gasteiger partial charge in [0, 0.05) is 48.2 Å². The van der Waals surface area contributed by atoms with Crippen molar-refractivity contribution in [2.24, 2.45) is 0 Å². The molecule has 2 amide bonds. The molecule has 0 unspecified atom stereocenters. The number of rotatable bonds is 7. The van der Waals surface area contributed by atoms with E-state index in [0.29, 0.717) is 16.8 Å². The predicted molar refractivity (Wildman–Crippen MR) is 116 cm³/mol. The molecule has 0 spiro atoms. The van der Waals surface area contributed by atoms with Crippen LogP contribution in [0.25, 0.3) is 0 Å². The largest absolute Gasteiger partial charge is 0.371 e. The first kappa shape index (κ1) is 21.3. The lowest BCUT2D eigenvalue weighted by Crippen LogP contribution is -2.33. The Morgan fingerprint density at radius 3 is 2.37 bits per heavy atom. The van der Waals surface area contributed by atoms with E-state index in [1.807, 2.05) is 19.9 Å². The summed E-state index contributed by atoms with van der Waals surface area (Å²) < 4.78 is 0. The zero-order valence-corrected chi connectivity index (χ0v) is 17.2. The van der Waals surface area contributed by atoms with Crippen molar-refractivity contribution < 1.29 is 14.5 Å². The van der Waals surface area contributed by atoms with Crippen LogP contribution in [0.1, 0.15) is 53.8 Å². The van der Waals surface area contributed by atoms with Crippen LogP contribution in [0.2, 0.25) is 0 Å². The summed E-state index contributed by atoms with van der Waals surface area (Å²) in [5.41, 5.74) is 2.11. The molecule has 2 aromatic rings. The zero-order chi connectivity index (χ0) is 21.7. The number of carbonyl (C=O) groups is 2. The topological polar surface area (TPSA) is 105 Å². The number of anilines is 2. The van der Waals surface area contributed by atoms with Gasteiger partial charge in [0.2, 0.25) is 0 Å². The van der Waals surface area contributed by atoms with E-state index < -0.39 is 10.8 Å². The van der Waals surface area contributed by atoms with Crippen LogP contribution in [0.5, 0.6) is 0 Å². The highest BCUT2D eigenvalue weighted by molar-refractivity contribution is 6.06. The molecule has 2 N–H and O–H groups in total. The first-order chi connectivity index (χ1) is 14.4. The van der Waals surface area contributed by atoms with Crippen molar-refractivity contribution in [2.75, 3.05) is 23.3 Å². The highest BCUT2D eigenvalue weighted by Crippen LogP contribution is 2.28. The number of amides is 2. The van der Waals surface area contributed by atoms with Crippen molar-refractivity contribution in [3.05, 3.63) is 63.7 Å². The highest BCUT2D eigenvalue weighted by Gasteiger charge is 2.21. The Bertz CT molecular complexity index is 937. The van der Waals surface area contributed by atoms with Crippen molar-refractivity contribution in [2.45, 2.75) is 39.2 Å². The van der Waals surface area contributed by atoms with Crippen molar-refractivity contribution in [1.82, 2.24) is 5.32 Å². The minimum atomic E-state index is -0.513. The maximum absolute atomic E-state index is 12.9. The predicted octanol–water partition coefficient (Wildman–Crippen LogP) is 3.98. The minimum absolute atomic E-state index is 0.0438. The molecule has 1 heterocycles. The molecule has 0 bridgehead atoms. The van der Waals surface area contributed by atoms with Gasteiger partial charge in [0.15, 0.2) is 0 Å². The van der Waals surface area contributed by atoms with Crippen LogP contribution in [0, 0.1) is 10.1 Å². The average Bonchev–Trinajstić information content (AvgIpc) is 3.28. The molecule has 8 nitrogen and oxygen atoms in total. The first-order valence-electron chi connectivity index (χ1n) is 10.1. The normalized spacial score (nSPS) is 14.3. The van der Waals surface area contributed by atoms with Crippen molar-refractivity contribution in [1.29, 1.82) is 0 Å². The Labute approximate surface area is 175 Å². The van der Waals surface area contributed by atoms with E-state index in [4.69, 9.17) is 0 Å². The minimum Gasteiger partial charge on any atom is -0.371 e. The van der Waals surface area contributed by atoms with E-state index in [9.17, 15) is 19.7 Å². The second kappa shape index (κ2) is 9.39. The molecule has 0 saturated carbocycles. The molecule has 1 aliphatic heterocycles. The van der Waals surface area contributed by atoms with Gasteiger partial charge in [-0.1, -0.05) is 6.92 Å². The zero-order valence-electron chi connectivity index (χ0n) is 17.2. The van der Waals surface area contributed by atoms with Crippen LogP contribution in [-0.2, 0) is 0 Å². The summed E-state index contributed by atoms with van der Waals surface area (Å²) in [5, 5.41) is 16.6. The highest BCUT2D eigenvalue weighted by atomic mass is 16.6. The lowest BCUT2D eigenvalue weighted by molar-refractivity contribution is -0.384. The molecule has 3 rings (SSSR count). The number of hydrogen-bond donors (Lipinski definition) is 2. The quantitative estimate of drug-likeness (QED) is 0.531. The van der Waals surface area contributed by atoms with Crippen LogP contribution in [0.4, 0.5) is 17.1 Å². The third kappa shape index (κ3) is 4.94. The van der Waals surface area contributed by atoms with Crippen LogP contribution in [0.15, 0.2) is 42.5 Å². The Morgan fingerprint density at radius 1 is 1.10 bits per heavy atom. The summed E-state index contributed by atoms with van der Waals surface area (Å²) in [7, 11) is 0. The monoisotopic (exact) mass is 410 g/mol. The second-order valence-corrected chi connectivity index (χ2v) is 7.47. The summed E-state index contributed by atoms with van der Waals surface area (Å²) in [6.07, 6.45) is 3.00. The Balaban J connectivity index is 1.84. The molecule has 1 atom stereocenters. The lowest BCUT2D eigenvalue weighted by atomic mass is 10.1. The van der Waals surface area contributed by atoms with Gasteiger partial charge in [-0.3, -0.25) is 19.7 Å². The fourth-order valence-corrected chi connectivity index (χ4v) is 3.37. The summed E-state index contributed by atoms with van der Waals surface area (Å²) >= 11 is 0. The SMILES string of the molecule is CC[C@H](C)NC(=O)c1cc(NC(=O)c2ccc([N+](=O)[O-])cc2)ccc1N1CCCC1. The van der Waals surface area contributed by atoms with E-state index in [1.165, 1.54) is 24.3 Å². The molecule has 0 aromatic heterocycles. The molecule has 8 heteroatoms. The van der Waals surface area contributed by atoms with Gasteiger partial charge in [0.1, 0.15) is 0 Å². The third-order valence-electron chi connectivity index (χ3n) is 5.28. The molecule has 0 aliphatic carbocycles. The Kier molecular flexibility index (Phi) is 6.66. The van der Waals surface area contributed by atoms with E-state index in [-0.39, 0.29) is 17.6 Å². The van der Waals surface area contributed by atoms with E-state index >= 15 is 0 Å². The number of nitrogens with zero attached hydrogens (tertiary/aromatic N) is 2. The number of nitro benzene ring substituents is 1. The Morgan fingerprint density at radius 2 is 1.77 bits per heavy atom. The number of nitro groups is 1. The number of nitrogens with one attached hydrogen (secondary N) is 2. The summed E-state index contributed by atoms with van der Waals surface area (Å²) in [5.74, 6) is -0.565. The number of benzene rings is 2. The number of carbonyl (C=O) groups excluding carboxylic acids is 2. The van der Waals surface area contributed by atoms with Crippen LogP contribution >= 0.6 is 0 Å². The van der Waals surface area contributed by atoms with Gasteiger partial charge < -0.3 is 15.5 Å². The molecule has 30 heavy (non-hydrogen) atoms. The third-order valence-corrected chi connectivity index (χ3v) is 5.28. The van der Waals surface area contributed by atoms with Crippen LogP contribution < -0.4 is 15.5 Å². The van der Waals surface area contributed by atoms with E-state index in [2.05, 4.69) is 15.5 Å². The molecular formula is C22H26N4O4. The standard InChI is InChI=1S/C22H26N4O4/c1-3-15(2)23-22(28)19-14-17(8-11-20(19)25-12-4-5-13-25)24-21(27)16-6-9-18(10-7-16)26(29)30/h6-11,14-15H,3-5,12-13H2,1-2H3,(H,23,28)(H,24,27)/t15-/m0/s1. The molecule has 1 fully saturated rings.